The molecule has 3 rings (SSSR count). The van der Waals surface area contributed by atoms with Gasteiger partial charge in [-0.2, -0.15) is 0 Å². The smallest absolute Gasteiger partial charge is 0.251 e. The van der Waals surface area contributed by atoms with Crippen LogP contribution < -0.4 is 10.9 Å². The molecule has 1 atom stereocenters. The van der Waals surface area contributed by atoms with E-state index in [2.05, 4.69) is 25.5 Å². The van der Waals surface area contributed by atoms with Crippen LogP contribution in [0.4, 0.5) is 5.13 Å². The van der Waals surface area contributed by atoms with Gasteiger partial charge in [-0.05, 0) is 13.8 Å². The Morgan fingerprint density at radius 1 is 1.24 bits per heavy atom. The molecule has 0 aliphatic rings. The number of benzene rings is 1. The second-order valence-corrected chi connectivity index (χ2v) is 7.57. The first-order valence-electron chi connectivity index (χ1n) is 7.44. The maximum absolute atomic E-state index is 12.3. The van der Waals surface area contributed by atoms with Gasteiger partial charge in [0.15, 0.2) is 5.16 Å². The molecule has 0 aliphatic carbocycles. The van der Waals surface area contributed by atoms with E-state index in [1.807, 2.05) is 31.2 Å². The highest BCUT2D eigenvalue weighted by Crippen LogP contribution is 2.27. The summed E-state index contributed by atoms with van der Waals surface area (Å²) in [5, 5.41) is 12.0. The normalized spacial score (nSPS) is 11.9. The number of nitrogens with one attached hydrogen (secondary N) is 2. The van der Waals surface area contributed by atoms with E-state index >= 15 is 0 Å². The first kappa shape index (κ1) is 17.3. The lowest BCUT2D eigenvalue weighted by Gasteiger charge is -2.08. The van der Waals surface area contributed by atoms with E-state index in [4.69, 9.17) is 0 Å². The predicted molar refractivity (Wildman–Crippen MR) is 98.9 cm³/mol. The summed E-state index contributed by atoms with van der Waals surface area (Å²) in [4.78, 5) is 30.1. The molecule has 7 nitrogen and oxygen atoms in total. The Hall–Kier alpha value is -2.52. The maximum Gasteiger partial charge on any atom is 0.251 e. The molecular weight excluding hydrogens is 358 g/mol. The van der Waals surface area contributed by atoms with Crippen molar-refractivity contribution in [2.24, 2.45) is 0 Å². The van der Waals surface area contributed by atoms with Crippen LogP contribution in [0.1, 0.15) is 12.5 Å². The first-order chi connectivity index (χ1) is 12.0. The van der Waals surface area contributed by atoms with Crippen LogP contribution in [0.15, 0.2) is 46.5 Å². The fourth-order valence-corrected chi connectivity index (χ4v) is 3.46. The molecule has 0 bridgehead atoms. The molecule has 0 saturated carbocycles. The van der Waals surface area contributed by atoms with Crippen molar-refractivity contribution in [2.45, 2.75) is 24.3 Å². The van der Waals surface area contributed by atoms with Crippen molar-refractivity contribution in [3.63, 3.8) is 0 Å². The number of carbonyl (C=O) groups is 1. The van der Waals surface area contributed by atoms with Gasteiger partial charge < -0.3 is 4.98 Å². The van der Waals surface area contributed by atoms with Crippen molar-refractivity contribution < 1.29 is 4.79 Å². The highest BCUT2D eigenvalue weighted by Gasteiger charge is 2.18. The third-order valence-electron chi connectivity index (χ3n) is 3.26. The number of amides is 1. The molecule has 0 spiro atoms. The van der Waals surface area contributed by atoms with Crippen molar-refractivity contribution in [2.75, 3.05) is 5.32 Å². The number of carbonyl (C=O) groups excluding carboxylic acids is 1. The highest BCUT2D eigenvalue weighted by molar-refractivity contribution is 8.00. The standard InChI is InChI=1S/C16H15N5O2S2/c1-9-3-5-11(6-4-9)14-20-21-16(25-14)19-13(23)10(2)24-15-17-8-7-12(22)18-15/h3-8,10H,1-2H3,(H,17,18,22)(H,19,21,23). The number of thioether (sulfide) groups is 1. The molecule has 1 unspecified atom stereocenters. The van der Waals surface area contributed by atoms with E-state index in [9.17, 15) is 9.59 Å². The number of aromatic amines is 1. The van der Waals surface area contributed by atoms with E-state index in [1.165, 1.54) is 40.9 Å². The Bertz CT molecular complexity index is 936. The number of nitrogens with zero attached hydrogens (tertiary/aromatic N) is 3. The molecule has 2 aromatic heterocycles. The summed E-state index contributed by atoms with van der Waals surface area (Å²) in [6.45, 7) is 3.75. The largest absolute Gasteiger partial charge is 0.301 e. The number of aryl methyl sites for hydroxylation is 1. The molecule has 2 heterocycles. The van der Waals surface area contributed by atoms with Gasteiger partial charge in [-0.1, -0.05) is 52.9 Å². The summed E-state index contributed by atoms with van der Waals surface area (Å²) in [6, 6.07) is 9.26. The third kappa shape index (κ3) is 4.52. The molecule has 3 aromatic rings. The van der Waals surface area contributed by atoms with Crippen molar-refractivity contribution >= 4 is 34.1 Å². The Balaban J connectivity index is 1.64. The van der Waals surface area contributed by atoms with Gasteiger partial charge >= 0.3 is 0 Å². The first-order valence-corrected chi connectivity index (χ1v) is 9.14. The minimum atomic E-state index is -0.447. The lowest BCUT2D eigenvalue weighted by molar-refractivity contribution is -0.115. The van der Waals surface area contributed by atoms with Crippen LogP contribution in [0.5, 0.6) is 0 Å². The Morgan fingerprint density at radius 3 is 2.72 bits per heavy atom. The SMILES string of the molecule is Cc1ccc(-c2nnc(NC(=O)C(C)Sc3nccc(=O)[nH]3)s2)cc1. The van der Waals surface area contributed by atoms with Crippen LogP contribution >= 0.6 is 23.1 Å². The summed E-state index contributed by atoms with van der Waals surface area (Å²) in [7, 11) is 0. The van der Waals surface area contributed by atoms with E-state index in [0.717, 1.165) is 10.6 Å². The molecule has 1 amide bonds. The van der Waals surface area contributed by atoms with Crippen LogP contribution in [0.2, 0.25) is 0 Å². The summed E-state index contributed by atoms with van der Waals surface area (Å²) in [5.41, 5.74) is 1.87. The Labute approximate surface area is 151 Å². The number of rotatable bonds is 5. The lowest BCUT2D eigenvalue weighted by atomic mass is 10.2. The fourth-order valence-electron chi connectivity index (χ4n) is 1.93. The molecular formula is C16H15N5O2S2. The van der Waals surface area contributed by atoms with E-state index in [1.54, 1.807) is 6.92 Å². The second-order valence-electron chi connectivity index (χ2n) is 5.27. The molecule has 0 saturated heterocycles. The average Bonchev–Trinajstić information content (AvgIpc) is 3.04. The van der Waals surface area contributed by atoms with Gasteiger partial charge in [0.25, 0.3) is 5.56 Å². The summed E-state index contributed by atoms with van der Waals surface area (Å²) >= 11 is 2.48. The molecule has 0 fully saturated rings. The minimum Gasteiger partial charge on any atom is -0.301 e. The number of anilines is 1. The van der Waals surface area contributed by atoms with E-state index < -0.39 is 5.25 Å². The number of aromatic nitrogens is 4. The quantitative estimate of drug-likeness (QED) is 0.527. The average molecular weight is 373 g/mol. The van der Waals surface area contributed by atoms with Crippen molar-refractivity contribution in [3.8, 4) is 10.6 Å². The summed E-state index contributed by atoms with van der Waals surface area (Å²) in [6.07, 6.45) is 1.41. The number of hydrogen-bond donors (Lipinski definition) is 2. The van der Waals surface area contributed by atoms with Crippen LogP contribution in [-0.4, -0.2) is 31.3 Å². The van der Waals surface area contributed by atoms with Gasteiger partial charge in [0.05, 0.1) is 5.25 Å². The zero-order valence-electron chi connectivity index (χ0n) is 13.5. The molecule has 9 heteroatoms. The highest BCUT2D eigenvalue weighted by atomic mass is 32.2. The van der Waals surface area contributed by atoms with Gasteiger partial charge in [0.1, 0.15) is 5.01 Å². The van der Waals surface area contributed by atoms with Gasteiger partial charge in [-0.25, -0.2) is 4.98 Å². The maximum atomic E-state index is 12.3. The van der Waals surface area contributed by atoms with Crippen LogP contribution in [0.3, 0.4) is 0 Å². The Morgan fingerprint density at radius 2 is 2.00 bits per heavy atom. The lowest BCUT2D eigenvalue weighted by Crippen LogP contribution is -2.23. The molecule has 0 aliphatic heterocycles. The van der Waals surface area contributed by atoms with Crippen molar-refractivity contribution in [3.05, 3.63) is 52.4 Å². The van der Waals surface area contributed by atoms with Crippen LogP contribution in [0, 0.1) is 6.92 Å². The molecule has 25 heavy (non-hydrogen) atoms. The van der Waals surface area contributed by atoms with Gasteiger partial charge in [-0.15, -0.1) is 10.2 Å². The fraction of sp³-hybridized carbons (Fsp3) is 0.188. The van der Waals surface area contributed by atoms with Crippen molar-refractivity contribution in [1.82, 2.24) is 20.2 Å². The van der Waals surface area contributed by atoms with Crippen LogP contribution in [0.25, 0.3) is 10.6 Å². The van der Waals surface area contributed by atoms with E-state index in [0.29, 0.717) is 10.3 Å². The molecule has 1 aromatic carbocycles. The number of H-pyrrole nitrogens is 1. The topological polar surface area (TPSA) is 101 Å². The van der Waals surface area contributed by atoms with E-state index in [-0.39, 0.29) is 11.5 Å². The zero-order chi connectivity index (χ0) is 17.8. The van der Waals surface area contributed by atoms with Gasteiger partial charge in [0.2, 0.25) is 11.0 Å². The molecule has 128 valence electrons. The predicted octanol–water partition coefficient (Wildman–Crippen LogP) is 2.72. The monoisotopic (exact) mass is 373 g/mol. The van der Waals surface area contributed by atoms with Crippen molar-refractivity contribution in [1.29, 1.82) is 0 Å². The Kier molecular flexibility index (Phi) is 5.25. The molecule has 0 radical (unpaired) electrons. The van der Waals surface area contributed by atoms with Gasteiger partial charge in [-0.3, -0.25) is 14.9 Å². The van der Waals surface area contributed by atoms with Gasteiger partial charge in [0, 0.05) is 17.8 Å². The molecule has 2 N–H and O–H groups in total. The summed E-state index contributed by atoms with van der Waals surface area (Å²) < 4.78 is 0. The zero-order valence-corrected chi connectivity index (χ0v) is 15.1. The summed E-state index contributed by atoms with van der Waals surface area (Å²) in [5.74, 6) is -0.233. The van der Waals surface area contributed by atoms with Crippen LogP contribution in [-0.2, 0) is 4.79 Å². The number of hydrogen-bond acceptors (Lipinski definition) is 7. The third-order valence-corrected chi connectivity index (χ3v) is 5.15. The second kappa shape index (κ2) is 7.58. The minimum absolute atomic E-state index is 0.233.